The lowest BCUT2D eigenvalue weighted by atomic mass is 9.79. The molecule has 0 radical (unpaired) electrons. The number of aryl methyl sites for hydroxylation is 1. The molecular weight excluding hydrogens is 328 g/mol. The van der Waals surface area contributed by atoms with E-state index in [9.17, 15) is 19.5 Å². The zero-order valence-electron chi connectivity index (χ0n) is 13.6. The van der Waals surface area contributed by atoms with E-state index in [1.165, 1.54) is 11.3 Å². The van der Waals surface area contributed by atoms with E-state index >= 15 is 0 Å². The fourth-order valence-electron chi connectivity index (χ4n) is 4.17. The van der Waals surface area contributed by atoms with Crippen molar-refractivity contribution in [3.63, 3.8) is 0 Å². The number of fused-ring (bicyclic) bond motifs is 2. The summed E-state index contributed by atoms with van der Waals surface area (Å²) in [5.41, 5.74) is 5.38. The van der Waals surface area contributed by atoms with Crippen LogP contribution in [0.3, 0.4) is 0 Å². The van der Waals surface area contributed by atoms with Gasteiger partial charge in [-0.1, -0.05) is 13.3 Å². The summed E-state index contributed by atoms with van der Waals surface area (Å²) in [6.45, 7) is 2.08. The lowest BCUT2D eigenvalue weighted by Crippen LogP contribution is -2.48. The zero-order valence-corrected chi connectivity index (χ0v) is 14.4. The van der Waals surface area contributed by atoms with Crippen molar-refractivity contribution in [3.8, 4) is 0 Å². The first-order chi connectivity index (χ1) is 11.5. The van der Waals surface area contributed by atoms with Gasteiger partial charge in [0, 0.05) is 10.3 Å². The van der Waals surface area contributed by atoms with Crippen molar-refractivity contribution in [1.82, 2.24) is 10.9 Å². The molecule has 24 heavy (non-hydrogen) atoms. The molecule has 1 heterocycles. The van der Waals surface area contributed by atoms with Crippen LogP contribution in [0.15, 0.2) is 11.4 Å². The third kappa shape index (κ3) is 3.17. The van der Waals surface area contributed by atoms with Gasteiger partial charge < -0.3 is 5.11 Å². The maximum atomic E-state index is 12.4. The lowest BCUT2D eigenvalue weighted by molar-refractivity contribution is -0.149. The molecule has 0 aromatic carbocycles. The molecular formula is C17H22N2O4S. The van der Waals surface area contributed by atoms with E-state index in [0.717, 1.165) is 37.0 Å². The maximum absolute atomic E-state index is 12.4. The van der Waals surface area contributed by atoms with Gasteiger partial charge in [-0.05, 0) is 43.6 Å². The van der Waals surface area contributed by atoms with Gasteiger partial charge in [-0.25, -0.2) is 0 Å². The van der Waals surface area contributed by atoms with Gasteiger partial charge in [0.25, 0.3) is 5.91 Å². The minimum absolute atomic E-state index is 0.0902. The van der Waals surface area contributed by atoms with E-state index in [-0.39, 0.29) is 23.7 Å². The Morgan fingerprint density at radius 3 is 2.58 bits per heavy atom. The van der Waals surface area contributed by atoms with Crippen LogP contribution >= 0.6 is 11.3 Å². The summed E-state index contributed by atoms with van der Waals surface area (Å²) in [5.74, 6) is -2.62. The van der Waals surface area contributed by atoms with Crippen LogP contribution < -0.4 is 10.9 Å². The first-order valence-corrected chi connectivity index (χ1v) is 9.29. The predicted octanol–water partition coefficient (Wildman–Crippen LogP) is 2.21. The van der Waals surface area contributed by atoms with Crippen LogP contribution in [-0.2, 0) is 16.0 Å². The molecule has 0 aliphatic heterocycles. The van der Waals surface area contributed by atoms with E-state index in [1.54, 1.807) is 5.38 Å². The SMILES string of the molecule is CCCc1cc(C(=O)NNC(=O)[C@H]2[C@H]3CC[C@@H](C3)[C@H]2C(=O)O)cs1. The summed E-state index contributed by atoms with van der Waals surface area (Å²) in [4.78, 5) is 37.1. The highest BCUT2D eigenvalue weighted by Gasteiger charge is 2.54. The van der Waals surface area contributed by atoms with E-state index in [1.807, 2.05) is 6.07 Å². The molecule has 2 fully saturated rings. The van der Waals surface area contributed by atoms with Gasteiger partial charge in [0.1, 0.15) is 0 Å². The van der Waals surface area contributed by atoms with Crippen LogP contribution in [0.4, 0.5) is 0 Å². The zero-order chi connectivity index (χ0) is 17.3. The van der Waals surface area contributed by atoms with Gasteiger partial charge in [0.2, 0.25) is 5.91 Å². The smallest absolute Gasteiger partial charge is 0.307 e. The number of hydrogen-bond donors (Lipinski definition) is 3. The topological polar surface area (TPSA) is 95.5 Å². The van der Waals surface area contributed by atoms with Crippen molar-refractivity contribution in [2.45, 2.75) is 39.0 Å². The van der Waals surface area contributed by atoms with Crippen molar-refractivity contribution in [1.29, 1.82) is 0 Å². The minimum Gasteiger partial charge on any atom is -0.481 e. The normalized spacial score (nSPS) is 27.9. The highest BCUT2D eigenvalue weighted by molar-refractivity contribution is 7.10. The second kappa shape index (κ2) is 6.93. The van der Waals surface area contributed by atoms with Crippen LogP contribution in [0.25, 0.3) is 0 Å². The number of carbonyl (C=O) groups is 3. The molecule has 3 rings (SSSR count). The molecule has 1 aromatic rings. The highest BCUT2D eigenvalue weighted by atomic mass is 32.1. The number of hydrazine groups is 1. The van der Waals surface area contributed by atoms with Crippen molar-refractivity contribution >= 4 is 29.1 Å². The molecule has 2 aliphatic rings. The standard InChI is InChI=1S/C17H22N2O4S/c1-2-3-12-7-11(8-24-12)15(20)18-19-16(21)13-9-4-5-10(6-9)14(13)17(22)23/h7-10,13-14H,2-6H2,1H3,(H,18,20)(H,19,21)(H,22,23)/t9-,10-,13-,14+/m0/s1. The fraction of sp³-hybridized carbons (Fsp3) is 0.588. The average molecular weight is 350 g/mol. The van der Waals surface area contributed by atoms with E-state index in [4.69, 9.17) is 0 Å². The van der Waals surface area contributed by atoms with Gasteiger partial charge in [-0.15, -0.1) is 11.3 Å². The Hall–Kier alpha value is -1.89. The van der Waals surface area contributed by atoms with Crippen LogP contribution in [0.5, 0.6) is 0 Å². The number of nitrogens with one attached hydrogen (secondary N) is 2. The Morgan fingerprint density at radius 2 is 1.92 bits per heavy atom. The molecule has 1 aromatic heterocycles. The maximum Gasteiger partial charge on any atom is 0.307 e. The quantitative estimate of drug-likeness (QED) is 0.710. The van der Waals surface area contributed by atoms with Gasteiger partial charge in [-0.3, -0.25) is 25.2 Å². The summed E-state index contributed by atoms with van der Waals surface area (Å²) in [6, 6.07) is 1.83. The Labute approximate surface area is 144 Å². The minimum atomic E-state index is -0.907. The van der Waals surface area contributed by atoms with Crippen molar-refractivity contribution in [2.75, 3.05) is 0 Å². The fourth-order valence-corrected chi connectivity index (χ4v) is 5.15. The van der Waals surface area contributed by atoms with Crippen LogP contribution in [-0.4, -0.2) is 22.9 Å². The number of aliphatic carboxylic acids is 1. The second-order valence-corrected chi connectivity index (χ2v) is 7.71. The molecule has 6 nitrogen and oxygen atoms in total. The Kier molecular flexibility index (Phi) is 4.89. The molecule has 2 bridgehead atoms. The predicted molar refractivity (Wildman–Crippen MR) is 89.4 cm³/mol. The third-order valence-corrected chi connectivity index (χ3v) is 6.21. The molecule has 0 saturated heterocycles. The number of hydrogen-bond acceptors (Lipinski definition) is 4. The van der Waals surface area contributed by atoms with E-state index < -0.39 is 17.8 Å². The number of carboxylic acids is 1. The summed E-state index contributed by atoms with van der Waals surface area (Å²) in [6.07, 6.45) is 4.51. The first kappa shape index (κ1) is 17.0. The summed E-state index contributed by atoms with van der Waals surface area (Å²) in [5, 5.41) is 11.2. The van der Waals surface area contributed by atoms with Crippen molar-refractivity contribution < 1.29 is 19.5 Å². The highest BCUT2D eigenvalue weighted by Crippen LogP contribution is 2.52. The van der Waals surface area contributed by atoms with Crippen LogP contribution in [0.1, 0.15) is 47.8 Å². The number of carboxylic acid groups (broad SMARTS) is 1. The molecule has 2 amide bonds. The van der Waals surface area contributed by atoms with Crippen molar-refractivity contribution in [3.05, 3.63) is 21.9 Å². The second-order valence-electron chi connectivity index (χ2n) is 6.72. The molecule has 4 atom stereocenters. The van der Waals surface area contributed by atoms with Crippen molar-refractivity contribution in [2.24, 2.45) is 23.7 Å². The molecule has 3 N–H and O–H groups in total. The average Bonchev–Trinajstić information content (AvgIpc) is 3.27. The van der Waals surface area contributed by atoms with E-state index in [0.29, 0.717) is 5.56 Å². The number of thiophene rings is 1. The van der Waals surface area contributed by atoms with Gasteiger partial charge in [-0.2, -0.15) is 0 Å². The molecule has 130 valence electrons. The summed E-state index contributed by atoms with van der Waals surface area (Å²) in [7, 11) is 0. The van der Waals surface area contributed by atoms with Gasteiger partial charge in [0.15, 0.2) is 0 Å². The monoisotopic (exact) mass is 350 g/mol. The van der Waals surface area contributed by atoms with Crippen LogP contribution in [0, 0.1) is 23.7 Å². The largest absolute Gasteiger partial charge is 0.481 e. The Bertz CT molecular complexity index is 657. The van der Waals surface area contributed by atoms with Gasteiger partial charge >= 0.3 is 5.97 Å². The Morgan fingerprint density at radius 1 is 1.21 bits per heavy atom. The number of amides is 2. The molecule has 2 saturated carbocycles. The summed E-state index contributed by atoms with van der Waals surface area (Å²) < 4.78 is 0. The number of carbonyl (C=O) groups excluding carboxylic acids is 2. The molecule has 0 unspecified atom stereocenters. The van der Waals surface area contributed by atoms with Crippen LogP contribution in [0.2, 0.25) is 0 Å². The van der Waals surface area contributed by atoms with E-state index in [2.05, 4.69) is 17.8 Å². The number of rotatable bonds is 5. The third-order valence-electron chi connectivity index (χ3n) is 5.22. The molecule has 7 heteroatoms. The van der Waals surface area contributed by atoms with Gasteiger partial charge in [0.05, 0.1) is 17.4 Å². The Balaban J connectivity index is 1.58. The molecule has 2 aliphatic carbocycles. The summed E-state index contributed by atoms with van der Waals surface area (Å²) >= 11 is 1.52. The molecule has 0 spiro atoms. The lowest BCUT2D eigenvalue weighted by Gasteiger charge is -2.26. The first-order valence-electron chi connectivity index (χ1n) is 8.41.